The third kappa shape index (κ3) is 3.83. The lowest BCUT2D eigenvalue weighted by Crippen LogP contribution is -2.04. The summed E-state index contributed by atoms with van der Waals surface area (Å²) < 4.78 is 1.19. The van der Waals surface area contributed by atoms with Crippen LogP contribution in [0.15, 0.2) is 36.7 Å². The fourth-order valence-electron chi connectivity index (χ4n) is 1.48. The van der Waals surface area contributed by atoms with Crippen molar-refractivity contribution >= 4 is 39.9 Å². The monoisotopic (exact) mass is 354 g/mol. The van der Waals surface area contributed by atoms with Gasteiger partial charge < -0.3 is 10.6 Å². The molecule has 1 aromatic carbocycles. The van der Waals surface area contributed by atoms with Gasteiger partial charge in [0.2, 0.25) is 0 Å². The van der Waals surface area contributed by atoms with Gasteiger partial charge >= 0.3 is 0 Å². The second-order valence-corrected chi connectivity index (χ2v) is 5.10. The molecule has 1 heterocycles. The minimum atomic E-state index is 0.748. The average Bonchev–Trinajstić information content (AvgIpc) is 2.37. The van der Waals surface area contributed by atoms with Gasteiger partial charge in [0.1, 0.15) is 5.82 Å². The molecule has 0 unspecified atom stereocenters. The van der Waals surface area contributed by atoms with E-state index in [1.54, 1.807) is 12.4 Å². The average molecular weight is 354 g/mol. The van der Waals surface area contributed by atoms with Gasteiger partial charge in [-0.15, -0.1) is 0 Å². The summed E-state index contributed by atoms with van der Waals surface area (Å²) in [7, 11) is 0. The lowest BCUT2D eigenvalue weighted by atomic mass is 10.3. The van der Waals surface area contributed by atoms with Crippen LogP contribution in [0.4, 0.5) is 17.3 Å². The van der Waals surface area contributed by atoms with E-state index >= 15 is 0 Å². The summed E-state index contributed by atoms with van der Waals surface area (Å²) in [6, 6.07) is 8.14. The van der Waals surface area contributed by atoms with E-state index in [-0.39, 0.29) is 0 Å². The molecule has 5 heteroatoms. The molecule has 0 radical (unpaired) electrons. The van der Waals surface area contributed by atoms with Gasteiger partial charge in [-0.05, 0) is 47.2 Å². The van der Waals surface area contributed by atoms with Gasteiger partial charge in [-0.25, -0.2) is 4.98 Å². The lowest BCUT2D eigenvalue weighted by molar-refractivity contribution is 0.965. The van der Waals surface area contributed by atoms with Crippen LogP contribution < -0.4 is 10.6 Å². The number of benzene rings is 1. The highest BCUT2D eigenvalue weighted by Gasteiger charge is 1.99. The summed E-state index contributed by atoms with van der Waals surface area (Å²) in [4.78, 5) is 8.61. The van der Waals surface area contributed by atoms with E-state index in [1.807, 2.05) is 12.1 Å². The Morgan fingerprint density at radius 1 is 1.22 bits per heavy atom. The molecule has 0 spiro atoms. The maximum Gasteiger partial charge on any atom is 0.151 e. The van der Waals surface area contributed by atoms with Gasteiger partial charge in [-0.1, -0.05) is 13.0 Å². The molecule has 0 aliphatic rings. The molecule has 0 saturated heterocycles. The molecule has 2 rings (SSSR count). The van der Waals surface area contributed by atoms with E-state index in [0.29, 0.717) is 0 Å². The molecule has 18 heavy (non-hydrogen) atoms. The van der Waals surface area contributed by atoms with Crippen LogP contribution in [0.25, 0.3) is 0 Å². The Labute approximate surface area is 120 Å². The van der Waals surface area contributed by atoms with Crippen LogP contribution in [0.1, 0.15) is 13.3 Å². The summed E-state index contributed by atoms with van der Waals surface area (Å²) in [6.07, 6.45) is 4.52. The van der Waals surface area contributed by atoms with Crippen LogP contribution in [0.5, 0.6) is 0 Å². The quantitative estimate of drug-likeness (QED) is 0.805. The zero-order valence-electron chi connectivity index (χ0n) is 10.2. The highest BCUT2D eigenvalue weighted by atomic mass is 127. The number of nitrogens with one attached hydrogen (secondary N) is 2. The second kappa shape index (κ2) is 6.53. The molecular formula is C13H15IN4. The minimum absolute atomic E-state index is 0.748. The van der Waals surface area contributed by atoms with Crippen molar-refractivity contribution in [1.29, 1.82) is 0 Å². The molecule has 0 saturated carbocycles. The van der Waals surface area contributed by atoms with Gasteiger partial charge in [0, 0.05) is 15.8 Å². The Morgan fingerprint density at radius 2 is 2.06 bits per heavy atom. The van der Waals surface area contributed by atoms with Crippen molar-refractivity contribution in [3.63, 3.8) is 0 Å². The summed E-state index contributed by atoms with van der Waals surface area (Å²) in [6.45, 7) is 3.02. The van der Waals surface area contributed by atoms with E-state index in [1.165, 1.54) is 3.57 Å². The van der Waals surface area contributed by atoms with Crippen LogP contribution in [0, 0.1) is 3.57 Å². The maximum absolute atomic E-state index is 4.45. The first-order chi connectivity index (χ1) is 8.78. The predicted octanol–water partition coefficient (Wildman–Crippen LogP) is 3.65. The molecule has 94 valence electrons. The van der Waals surface area contributed by atoms with Crippen LogP contribution in [0.2, 0.25) is 0 Å². The summed E-state index contributed by atoms with van der Waals surface area (Å²) in [5, 5.41) is 6.46. The SMILES string of the molecule is CCCNc1cncc(Nc2cccc(I)c2)n1. The molecule has 0 aliphatic carbocycles. The fourth-order valence-corrected chi connectivity index (χ4v) is 2.02. The predicted molar refractivity (Wildman–Crippen MR) is 83.3 cm³/mol. The number of nitrogens with zero attached hydrogens (tertiary/aromatic N) is 2. The fraction of sp³-hybridized carbons (Fsp3) is 0.231. The highest BCUT2D eigenvalue weighted by molar-refractivity contribution is 14.1. The highest BCUT2D eigenvalue weighted by Crippen LogP contribution is 2.17. The summed E-state index contributed by atoms with van der Waals surface area (Å²) in [5.41, 5.74) is 1.02. The first-order valence-electron chi connectivity index (χ1n) is 5.86. The summed E-state index contributed by atoms with van der Waals surface area (Å²) in [5.74, 6) is 1.55. The number of hydrogen-bond acceptors (Lipinski definition) is 4. The molecule has 0 atom stereocenters. The van der Waals surface area contributed by atoms with Gasteiger partial charge in [-0.3, -0.25) is 4.98 Å². The number of hydrogen-bond donors (Lipinski definition) is 2. The normalized spacial score (nSPS) is 10.1. The Hall–Kier alpha value is -1.37. The van der Waals surface area contributed by atoms with E-state index in [4.69, 9.17) is 0 Å². The van der Waals surface area contributed by atoms with Crippen molar-refractivity contribution in [2.75, 3.05) is 17.2 Å². The topological polar surface area (TPSA) is 49.8 Å². The van der Waals surface area contributed by atoms with Gasteiger partial charge in [0.25, 0.3) is 0 Å². The molecule has 1 aromatic heterocycles. The number of rotatable bonds is 5. The van der Waals surface area contributed by atoms with Crippen LogP contribution >= 0.6 is 22.6 Å². The van der Waals surface area contributed by atoms with Crippen molar-refractivity contribution < 1.29 is 0 Å². The van der Waals surface area contributed by atoms with E-state index in [2.05, 4.69) is 62.2 Å². The molecular weight excluding hydrogens is 339 g/mol. The largest absolute Gasteiger partial charge is 0.369 e. The van der Waals surface area contributed by atoms with Crippen LogP contribution in [0.3, 0.4) is 0 Å². The zero-order valence-corrected chi connectivity index (χ0v) is 12.3. The van der Waals surface area contributed by atoms with Crippen LogP contribution in [-0.2, 0) is 0 Å². The molecule has 2 aromatic rings. The van der Waals surface area contributed by atoms with Crippen molar-refractivity contribution in [3.8, 4) is 0 Å². The smallest absolute Gasteiger partial charge is 0.151 e. The number of anilines is 3. The van der Waals surface area contributed by atoms with Crippen molar-refractivity contribution in [1.82, 2.24) is 9.97 Å². The van der Waals surface area contributed by atoms with Crippen molar-refractivity contribution in [2.45, 2.75) is 13.3 Å². The maximum atomic E-state index is 4.45. The molecule has 0 amide bonds. The molecule has 2 N–H and O–H groups in total. The first kappa shape index (κ1) is 13.1. The van der Waals surface area contributed by atoms with E-state index < -0.39 is 0 Å². The van der Waals surface area contributed by atoms with Gasteiger partial charge in [0.05, 0.1) is 12.4 Å². The minimum Gasteiger partial charge on any atom is -0.369 e. The standard InChI is InChI=1S/C13H15IN4/c1-2-6-16-12-8-15-9-13(18-12)17-11-5-3-4-10(14)7-11/h3-5,7-9H,2,6H2,1H3,(H2,16,17,18). The molecule has 0 bridgehead atoms. The summed E-state index contributed by atoms with van der Waals surface area (Å²) >= 11 is 2.28. The van der Waals surface area contributed by atoms with Gasteiger partial charge in [-0.2, -0.15) is 0 Å². The lowest BCUT2D eigenvalue weighted by Gasteiger charge is -2.08. The Bertz CT molecular complexity index is 516. The molecule has 0 fully saturated rings. The number of halogens is 1. The van der Waals surface area contributed by atoms with E-state index in [9.17, 15) is 0 Å². The Balaban J connectivity index is 2.09. The van der Waals surface area contributed by atoms with Crippen LogP contribution in [-0.4, -0.2) is 16.5 Å². The Morgan fingerprint density at radius 3 is 2.83 bits per heavy atom. The third-order valence-corrected chi connectivity index (χ3v) is 2.96. The van der Waals surface area contributed by atoms with Gasteiger partial charge in [0.15, 0.2) is 5.82 Å². The molecule has 0 aliphatic heterocycles. The number of aromatic nitrogens is 2. The van der Waals surface area contributed by atoms with Crippen molar-refractivity contribution in [2.24, 2.45) is 0 Å². The first-order valence-corrected chi connectivity index (χ1v) is 6.94. The third-order valence-electron chi connectivity index (χ3n) is 2.29. The second-order valence-electron chi connectivity index (χ2n) is 3.85. The van der Waals surface area contributed by atoms with Crippen molar-refractivity contribution in [3.05, 3.63) is 40.2 Å². The molecule has 4 nitrogen and oxygen atoms in total. The zero-order chi connectivity index (χ0) is 12.8. The Kier molecular flexibility index (Phi) is 4.74. The van der Waals surface area contributed by atoms with E-state index in [0.717, 1.165) is 30.3 Å².